The molecule has 0 aromatic rings. The summed E-state index contributed by atoms with van der Waals surface area (Å²) in [6, 6.07) is 0. The zero-order valence-electron chi connectivity index (χ0n) is 15.5. The maximum absolute atomic E-state index is 12.6. The highest BCUT2D eigenvalue weighted by atomic mass is 35.5. The van der Waals surface area contributed by atoms with E-state index in [0.29, 0.717) is 12.5 Å². The molecule has 7 nitrogen and oxygen atoms in total. The molecule has 0 spiro atoms. The van der Waals surface area contributed by atoms with Crippen molar-refractivity contribution in [3.05, 3.63) is 0 Å². The van der Waals surface area contributed by atoms with Gasteiger partial charge in [0.25, 0.3) is 0 Å². The summed E-state index contributed by atoms with van der Waals surface area (Å²) in [6.45, 7) is 5.32. The van der Waals surface area contributed by atoms with E-state index in [9.17, 15) is 20.1 Å². The van der Waals surface area contributed by atoms with Crippen LogP contribution in [0.3, 0.4) is 0 Å². The molecule has 5 unspecified atom stereocenters. The first-order chi connectivity index (χ1) is 12.2. The van der Waals surface area contributed by atoms with Crippen LogP contribution in [0.4, 0.5) is 0 Å². The molecule has 2 saturated heterocycles. The topological polar surface area (TPSA) is 111 Å². The standard InChI is InChI=1S/C17H31ClN2O5S/c1-4-9-5-10(8-19-7-9)15(24)20-17(2,18)6-11-12(21)13(22)14(23)16(25-11)26-3/h9-14,16,19,21-23H,4-8H2,1-3H3,(H,20,24)/t9?,10?,11?,12-,13+,14?,16+,17?/m0/s1. The monoisotopic (exact) mass is 410 g/mol. The Hall–Kier alpha value is -0.0900. The molecule has 152 valence electrons. The molecule has 0 saturated carbocycles. The van der Waals surface area contributed by atoms with E-state index in [4.69, 9.17) is 16.3 Å². The predicted molar refractivity (Wildman–Crippen MR) is 102 cm³/mol. The third-order valence-electron chi connectivity index (χ3n) is 5.26. The van der Waals surface area contributed by atoms with E-state index in [1.807, 2.05) is 0 Å². The molecule has 0 aliphatic carbocycles. The first-order valence-electron chi connectivity index (χ1n) is 9.12. The van der Waals surface area contributed by atoms with Gasteiger partial charge in [-0.3, -0.25) is 4.79 Å². The van der Waals surface area contributed by atoms with Crippen molar-refractivity contribution in [1.82, 2.24) is 10.6 Å². The van der Waals surface area contributed by atoms with Crippen LogP contribution < -0.4 is 10.6 Å². The van der Waals surface area contributed by atoms with Crippen molar-refractivity contribution < 1.29 is 24.9 Å². The van der Waals surface area contributed by atoms with Crippen LogP contribution in [0.5, 0.6) is 0 Å². The number of hydrogen-bond donors (Lipinski definition) is 5. The summed E-state index contributed by atoms with van der Waals surface area (Å²) in [7, 11) is 0. The number of halogens is 1. The predicted octanol–water partition coefficient (Wildman–Crippen LogP) is 0.254. The van der Waals surface area contributed by atoms with Crippen LogP contribution in [0.25, 0.3) is 0 Å². The van der Waals surface area contributed by atoms with Gasteiger partial charge in [0.2, 0.25) is 5.91 Å². The van der Waals surface area contributed by atoms with Gasteiger partial charge in [-0.1, -0.05) is 24.9 Å². The second-order valence-electron chi connectivity index (χ2n) is 7.51. The minimum Gasteiger partial charge on any atom is -0.388 e. The summed E-state index contributed by atoms with van der Waals surface area (Å²) in [5, 5.41) is 36.3. The van der Waals surface area contributed by atoms with Gasteiger partial charge in [-0.15, -0.1) is 11.8 Å². The zero-order valence-corrected chi connectivity index (χ0v) is 17.1. The number of rotatable bonds is 6. The number of ether oxygens (including phenoxy) is 1. The Labute approximate surface area is 164 Å². The van der Waals surface area contributed by atoms with E-state index in [1.54, 1.807) is 13.2 Å². The summed E-state index contributed by atoms with van der Waals surface area (Å²) in [6.07, 6.45) is -0.853. The average Bonchev–Trinajstić information content (AvgIpc) is 2.61. The van der Waals surface area contributed by atoms with Gasteiger partial charge in [-0.25, -0.2) is 0 Å². The highest BCUT2D eigenvalue weighted by molar-refractivity contribution is 7.99. The smallest absolute Gasteiger partial charge is 0.225 e. The Bertz CT molecular complexity index is 482. The summed E-state index contributed by atoms with van der Waals surface area (Å²) >= 11 is 7.75. The molecule has 2 aliphatic rings. The molecule has 2 rings (SSSR count). The lowest BCUT2D eigenvalue weighted by atomic mass is 9.88. The lowest BCUT2D eigenvalue weighted by Gasteiger charge is -2.42. The molecular formula is C17H31ClN2O5S. The molecule has 1 amide bonds. The van der Waals surface area contributed by atoms with Crippen LogP contribution in [-0.4, -0.2) is 75.4 Å². The molecule has 2 fully saturated rings. The fourth-order valence-electron chi connectivity index (χ4n) is 3.61. The number of thioether (sulfide) groups is 1. The molecule has 0 bridgehead atoms. The fourth-order valence-corrected chi connectivity index (χ4v) is 4.55. The van der Waals surface area contributed by atoms with Gasteiger partial charge in [0, 0.05) is 13.0 Å². The summed E-state index contributed by atoms with van der Waals surface area (Å²) in [5.41, 5.74) is -0.658. The van der Waals surface area contributed by atoms with Crippen molar-refractivity contribution in [3.63, 3.8) is 0 Å². The Morgan fingerprint density at radius 1 is 1.31 bits per heavy atom. The third-order valence-corrected chi connectivity index (χ3v) is 6.36. The SMILES string of the molecule is CCC1CNCC(C(=O)NC(C)(Cl)CC2O[C@H](SC)C(O)[C@H](O)[C@H]2O)C1. The number of carbonyl (C=O) groups is 1. The maximum Gasteiger partial charge on any atom is 0.225 e. The van der Waals surface area contributed by atoms with Crippen molar-refractivity contribution >= 4 is 29.3 Å². The summed E-state index contributed by atoms with van der Waals surface area (Å²) in [4.78, 5) is 11.5. The summed E-state index contributed by atoms with van der Waals surface area (Å²) in [5.74, 6) is 0.208. The molecule has 2 heterocycles. The second kappa shape index (κ2) is 9.41. The van der Waals surface area contributed by atoms with Gasteiger partial charge >= 0.3 is 0 Å². The first-order valence-corrected chi connectivity index (χ1v) is 10.8. The largest absolute Gasteiger partial charge is 0.388 e. The van der Waals surface area contributed by atoms with E-state index in [1.165, 1.54) is 11.8 Å². The Morgan fingerprint density at radius 2 is 2.00 bits per heavy atom. The number of aliphatic hydroxyl groups is 3. The highest BCUT2D eigenvalue weighted by Crippen LogP contribution is 2.32. The van der Waals surface area contributed by atoms with E-state index in [0.717, 1.165) is 19.4 Å². The second-order valence-corrected chi connectivity index (χ2v) is 9.28. The molecule has 8 atom stereocenters. The van der Waals surface area contributed by atoms with Crippen LogP contribution in [0, 0.1) is 11.8 Å². The van der Waals surface area contributed by atoms with Gasteiger partial charge in [-0.05, 0) is 32.1 Å². The minimum atomic E-state index is -1.32. The lowest BCUT2D eigenvalue weighted by Crippen LogP contribution is -2.59. The van der Waals surface area contributed by atoms with E-state index in [2.05, 4.69) is 17.6 Å². The van der Waals surface area contributed by atoms with Gasteiger partial charge < -0.3 is 30.7 Å². The highest BCUT2D eigenvalue weighted by Gasteiger charge is 2.46. The van der Waals surface area contributed by atoms with Crippen LogP contribution in [-0.2, 0) is 9.53 Å². The van der Waals surface area contributed by atoms with Gasteiger partial charge in [-0.2, -0.15) is 0 Å². The number of carbonyl (C=O) groups excluding carboxylic acids is 1. The molecular weight excluding hydrogens is 380 g/mol. The number of amides is 1. The first kappa shape index (κ1) is 22.2. The molecule has 5 N–H and O–H groups in total. The van der Waals surface area contributed by atoms with Crippen molar-refractivity contribution in [1.29, 1.82) is 0 Å². The van der Waals surface area contributed by atoms with Crippen molar-refractivity contribution in [2.75, 3.05) is 19.3 Å². The van der Waals surface area contributed by atoms with Gasteiger partial charge in [0.15, 0.2) is 0 Å². The lowest BCUT2D eigenvalue weighted by molar-refractivity contribution is -0.201. The third kappa shape index (κ3) is 5.47. The molecule has 9 heteroatoms. The van der Waals surface area contributed by atoms with Gasteiger partial charge in [0.05, 0.1) is 12.0 Å². The fraction of sp³-hybridized carbons (Fsp3) is 0.941. The molecule has 0 aromatic carbocycles. The number of piperidine rings is 1. The van der Waals surface area contributed by atoms with Crippen LogP contribution in [0.2, 0.25) is 0 Å². The van der Waals surface area contributed by atoms with Crippen molar-refractivity contribution in [3.8, 4) is 0 Å². The summed E-state index contributed by atoms with van der Waals surface area (Å²) < 4.78 is 5.68. The normalized spacial score (nSPS) is 40.7. The zero-order chi connectivity index (χ0) is 19.5. The Kier molecular flexibility index (Phi) is 8.03. The molecule has 0 aromatic heterocycles. The van der Waals surface area contributed by atoms with Crippen LogP contribution >= 0.6 is 23.4 Å². The maximum atomic E-state index is 12.6. The Morgan fingerprint density at radius 3 is 2.62 bits per heavy atom. The molecule has 0 radical (unpaired) electrons. The molecule has 26 heavy (non-hydrogen) atoms. The number of aliphatic hydroxyl groups excluding tert-OH is 3. The quantitative estimate of drug-likeness (QED) is 0.315. The van der Waals surface area contributed by atoms with Crippen LogP contribution in [0.1, 0.15) is 33.1 Å². The van der Waals surface area contributed by atoms with Crippen molar-refractivity contribution in [2.45, 2.75) is 68.0 Å². The van der Waals surface area contributed by atoms with E-state index in [-0.39, 0.29) is 18.2 Å². The number of alkyl halides is 1. The minimum absolute atomic E-state index is 0.111. The van der Waals surface area contributed by atoms with E-state index < -0.39 is 34.8 Å². The average molecular weight is 411 g/mol. The Balaban J connectivity index is 1.95. The number of hydrogen-bond acceptors (Lipinski definition) is 7. The van der Waals surface area contributed by atoms with Gasteiger partial charge in [0.1, 0.15) is 28.7 Å². The number of nitrogens with one attached hydrogen (secondary N) is 2. The van der Waals surface area contributed by atoms with Crippen molar-refractivity contribution in [2.24, 2.45) is 11.8 Å². The van der Waals surface area contributed by atoms with Crippen LogP contribution in [0.15, 0.2) is 0 Å². The molecule has 2 aliphatic heterocycles. The van der Waals surface area contributed by atoms with E-state index >= 15 is 0 Å².